The predicted octanol–water partition coefficient (Wildman–Crippen LogP) is 2.28. The molecule has 0 amide bonds. The second-order valence-electron chi connectivity index (χ2n) is 6.24. The zero-order valence-electron chi connectivity index (χ0n) is 13.5. The van der Waals surface area contributed by atoms with Crippen molar-refractivity contribution < 1.29 is 29.0 Å². The Morgan fingerprint density at radius 2 is 1.96 bits per heavy atom. The Morgan fingerprint density at radius 1 is 1.16 bits per heavy atom. The molecule has 0 spiro atoms. The monoisotopic (exact) mass is 338 g/mol. The Balaban J connectivity index is 1.80. The number of rotatable bonds is 1. The van der Waals surface area contributed by atoms with Crippen LogP contribution in [0.5, 0.6) is 23.0 Å². The van der Waals surface area contributed by atoms with E-state index in [1.54, 1.807) is 6.07 Å². The zero-order valence-corrected chi connectivity index (χ0v) is 13.5. The van der Waals surface area contributed by atoms with Gasteiger partial charge < -0.3 is 24.4 Å². The topological polar surface area (TPSA) is 72.0 Å². The molecule has 2 aliphatic heterocycles. The van der Waals surface area contributed by atoms with Crippen LogP contribution in [0.15, 0.2) is 36.5 Å². The summed E-state index contributed by atoms with van der Waals surface area (Å²) in [6.45, 7) is 0.610. The van der Waals surface area contributed by atoms with Crippen molar-refractivity contribution >= 4 is 10.8 Å². The van der Waals surface area contributed by atoms with Crippen LogP contribution in [-0.4, -0.2) is 24.1 Å². The molecule has 1 aromatic heterocycles. The number of aromatic hydroxyl groups is 1. The number of hydrogen-bond acceptors (Lipinski definition) is 5. The fourth-order valence-electron chi connectivity index (χ4n) is 3.66. The third-order valence-electron chi connectivity index (χ3n) is 4.85. The molecule has 0 fully saturated rings. The second kappa shape index (κ2) is 5.00. The summed E-state index contributed by atoms with van der Waals surface area (Å²) in [5, 5.41) is 22.3. The average molecular weight is 338 g/mol. The molecular weight excluding hydrogens is 322 g/mol. The summed E-state index contributed by atoms with van der Waals surface area (Å²) in [4.78, 5) is 0. The third kappa shape index (κ3) is 1.97. The third-order valence-corrected chi connectivity index (χ3v) is 4.85. The SMILES string of the molecule is COc1c(O)ccc2cc3[n+](cc12)C[C@H](O)c1cc2c(cc1-3)OCO2. The van der Waals surface area contributed by atoms with Gasteiger partial charge in [-0.2, -0.15) is 4.57 Å². The van der Waals surface area contributed by atoms with Gasteiger partial charge in [0, 0.05) is 11.6 Å². The molecule has 3 heterocycles. The Hall–Kier alpha value is -2.99. The molecule has 0 bridgehead atoms. The molecule has 5 rings (SSSR count). The minimum Gasteiger partial charge on any atom is -0.504 e. The molecule has 126 valence electrons. The number of fused-ring (bicyclic) bond motifs is 5. The molecule has 0 aliphatic carbocycles. The van der Waals surface area contributed by atoms with Gasteiger partial charge in [0.05, 0.1) is 18.1 Å². The number of phenolic OH excluding ortho intramolecular Hbond substituents is 1. The van der Waals surface area contributed by atoms with Crippen molar-refractivity contribution in [3.8, 4) is 34.3 Å². The highest BCUT2D eigenvalue weighted by Gasteiger charge is 2.33. The second-order valence-corrected chi connectivity index (χ2v) is 6.24. The number of benzene rings is 2. The van der Waals surface area contributed by atoms with E-state index < -0.39 is 6.10 Å². The van der Waals surface area contributed by atoms with E-state index in [0.717, 1.165) is 27.6 Å². The zero-order chi connectivity index (χ0) is 17.1. The number of phenols is 1. The van der Waals surface area contributed by atoms with Gasteiger partial charge in [0.25, 0.3) is 0 Å². The van der Waals surface area contributed by atoms with Gasteiger partial charge >= 0.3 is 0 Å². The average Bonchev–Trinajstić information content (AvgIpc) is 3.07. The van der Waals surface area contributed by atoms with Crippen LogP contribution in [-0.2, 0) is 6.54 Å². The molecule has 2 N–H and O–H groups in total. The molecule has 0 radical (unpaired) electrons. The molecule has 3 aromatic rings. The molecule has 1 atom stereocenters. The van der Waals surface area contributed by atoms with Gasteiger partial charge in [-0.15, -0.1) is 0 Å². The van der Waals surface area contributed by atoms with Gasteiger partial charge in [0.15, 0.2) is 35.7 Å². The lowest BCUT2D eigenvalue weighted by Crippen LogP contribution is -2.42. The summed E-state index contributed by atoms with van der Waals surface area (Å²) >= 11 is 0. The molecule has 0 unspecified atom stereocenters. The van der Waals surface area contributed by atoms with E-state index in [-0.39, 0.29) is 12.5 Å². The summed E-state index contributed by atoms with van der Waals surface area (Å²) in [5.41, 5.74) is 2.71. The van der Waals surface area contributed by atoms with Gasteiger partial charge in [-0.05, 0) is 29.7 Å². The molecule has 25 heavy (non-hydrogen) atoms. The minimum absolute atomic E-state index is 0.0932. The molecule has 6 nitrogen and oxygen atoms in total. The van der Waals surface area contributed by atoms with Gasteiger partial charge in [-0.3, -0.25) is 0 Å². The summed E-state index contributed by atoms with van der Waals surface area (Å²) in [6, 6.07) is 9.27. The first-order valence-corrected chi connectivity index (χ1v) is 8.01. The minimum atomic E-state index is -0.650. The van der Waals surface area contributed by atoms with Crippen molar-refractivity contribution in [2.24, 2.45) is 0 Å². The Bertz CT molecular complexity index is 1030. The highest BCUT2D eigenvalue weighted by Crippen LogP contribution is 2.43. The molecule has 2 aliphatic rings. The van der Waals surface area contributed by atoms with Crippen molar-refractivity contribution in [3.63, 3.8) is 0 Å². The summed E-state index contributed by atoms with van der Waals surface area (Å²) < 4.78 is 18.2. The van der Waals surface area contributed by atoms with Gasteiger partial charge in [-0.25, -0.2) is 0 Å². The van der Waals surface area contributed by atoms with Crippen LogP contribution in [0, 0.1) is 0 Å². The van der Waals surface area contributed by atoms with Crippen LogP contribution in [0.1, 0.15) is 11.7 Å². The van der Waals surface area contributed by atoms with Crippen molar-refractivity contribution in [1.82, 2.24) is 0 Å². The van der Waals surface area contributed by atoms with Gasteiger partial charge in [0.2, 0.25) is 12.5 Å². The van der Waals surface area contributed by atoms with E-state index in [4.69, 9.17) is 14.2 Å². The van der Waals surface area contributed by atoms with Gasteiger partial charge in [-0.1, -0.05) is 0 Å². The van der Waals surface area contributed by atoms with E-state index in [0.29, 0.717) is 23.8 Å². The number of aromatic nitrogens is 1. The highest BCUT2D eigenvalue weighted by atomic mass is 16.7. The Kier molecular flexibility index (Phi) is 2.87. The van der Waals surface area contributed by atoms with Crippen LogP contribution < -0.4 is 18.8 Å². The standard InChI is InChI=1S/C19H15NO5/c1-23-19-13-7-20-8-16(22)12-6-18-17(24-9-25-18)5-11(12)14(20)4-10(13)2-3-15(19)21/h2-7,16,22H,8-9H2,1H3/p+1/t16-/m0/s1. The van der Waals surface area contributed by atoms with E-state index in [1.165, 1.54) is 7.11 Å². The molecular formula is C19H16NO5+. The van der Waals surface area contributed by atoms with Crippen molar-refractivity contribution in [2.45, 2.75) is 12.6 Å². The fourth-order valence-corrected chi connectivity index (χ4v) is 3.66. The number of nitrogens with zero attached hydrogens (tertiary/aromatic N) is 1. The summed E-state index contributed by atoms with van der Waals surface area (Å²) in [7, 11) is 1.53. The van der Waals surface area contributed by atoms with Crippen LogP contribution in [0.2, 0.25) is 0 Å². The van der Waals surface area contributed by atoms with E-state index in [2.05, 4.69) is 0 Å². The highest BCUT2D eigenvalue weighted by molar-refractivity contribution is 5.91. The van der Waals surface area contributed by atoms with Crippen LogP contribution in [0.25, 0.3) is 22.0 Å². The number of hydrogen-bond donors (Lipinski definition) is 2. The Morgan fingerprint density at radius 3 is 2.76 bits per heavy atom. The van der Waals surface area contributed by atoms with Crippen LogP contribution in [0.3, 0.4) is 0 Å². The lowest BCUT2D eigenvalue weighted by Gasteiger charge is -2.20. The molecule has 2 aromatic carbocycles. The van der Waals surface area contributed by atoms with Crippen molar-refractivity contribution in [1.29, 1.82) is 0 Å². The number of pyridine rings is 1. The van der Waals surface area contributed by atoms with E-state index in [9.17, 15) is 10.2 Å². The van der Waals surface area contributed by atoms with Crippen molar-refractivity contribution in [3.05, 3.63) is 42.1 Å². The normalized spacial score (nSPS) is 17.3. The maximum absolute atomic E-state index is 10.6. The predicted molar refractivity (Wildman–Crippen MR) is 88.9 cm³/mol. The lowest BCUT2D eigenvalue weighted by molar-refractivity contribution is -0.695. The van der Waals surface area contributed by atoms with E-state index >= 15 is 0 Å². The number of methoxy groups -OCH3 is 1. The first kappa shape index (κ1) is 14.4. The molecule has 0 saturated carbocycles. The number of ether oxygens (including phenoxy) is 3. The maximum atomic E-state index is 10.6. The first-order chi connectivity index (χ1) is 12.2. The quantitative estimate of drug-likeness (QED) is 0.666. The smallest absolute Gasteiger partial charge is 0.231 e. The Labute approximate surface area is 143 Å². The van der Waals surface area contributed by atoms with Crippen LogP contribution >= 0.6 is 0 Å². The van der Waals surface area contributed by atoms with Crippen LogP contribution in [0.4, 0.5) is 0 Å². The number of aliphatic hydroxyl groups excluding tert-OH is 1. The first-order valence-electron chi connectivity index (χ1n) is 8.01. The molecule has 6 heteroatoms. The van der Waals surface area contributed by atoms with E-state index in [1.807, 2.05) is 35.0 Å². The fraction of sp³-hybridized carbons (Fsp3) is 0.211. The van der Waals surface area contributed by atoms with Gasteiger partial charge in [0.1, 0.15) is 6.10 Å². The molecule has 0 saturated heterocycles. The summed E-state index contributed by atoms with van der Waals surface area (Å²) in [5.74, 6) is 1.87. The van der Waals surface area contributed by atoms with Crippen molar-refractivity contribution in [2.75, 3.05) is 13.9 Å². The summed E-state index contributed by atoms with van der Waals surface area (Å²) in [6.07, 6.45) is 1.25. The lowest BCUT2D eigenvalue weighted by atomic mass is 9.93. The maximum Gasteiger partial charge on any atom is 0.231 e. The number of aliphatic hydroxyl groups is 1. The largest absolute Gasteiger partial charge is 0.504 e.